The number of aliphatic hydroxyl groups is 1. The minimum atomic E-state index is 0.0426. The van der Waals surface area contributed by atoms with Crippen LogP contribution in [0, 0.1) is 0 Å². The Balaban J connectivity index is 3.29. The van der Waals surface area contributed by atoms with E-state index in [1.165, 1.54) is 11.8 Å². The van der Waals surface area contributed by atoms with Gasteiger partial charge in [0.15, 0.2) is 0 Å². The Hall–Kier alpha value is -0.0600. The highest BCUT2D eigenvalue weighted by Gasteiger charge is 2.04. The lowest BCUT2D eigenvalue weighted by atomic mass is 10.3. The summed E-state index contributed by atoms with van der Waals surface area (Å²) < 4.78 is 0. The minimum absolute atomic E-state index is 0.0426. The monoisotopic (exact) mass is 163 g/mol. The number of thioether (sulfide) groups is 1. The molecule has 0 amide bonds. The highest BCUT2D eigenvalue weighted by atomic mass is 32.2. The van der Waals surface area contributed by atoms with Gasteiger partial charge in [-0.25, -0.2) is 0 Å². The van der Waals surface area contributed by atoms with E-state index in [2.05, 4.69) is 0 Å². The summed E-state index contributed by atoms with van der Waals surface area (Å²) in [4.78, 5) is 9.98. The van der Waals surface area contributed by atoms with Gasteiger partial charge < -0.3 is 15.6 Å². The number of hydrogen-bond donors (Lipinski definition) is 2. The number of carbonyl (C=O) groups excluding carboxylic acids is 1. The van der Waals surface area contributed by atoms with Crippen molar-refractivity contribution in [3.8, 4) is 0 Å². The molecule has 10 heavy (non-hydrogen) atoms. The summed E-state index contributed by atoms with van der Waals surface area (Å²) in [5, 5.41) is 8.71. The van der Waals surface area contributed by atoms with Gasteiger partial charge in [0.05, 0.1) is 6.61 Å². The topological polar surface area (TPSA) is 63.3 Å². The largest absolute Gasteiger partial charge is 0.395 e. The van der Waals surface area contributed by atoms with E-state index in [0.29, 0.717) is 13.0 Å². The molecule has 0 saturated heterocycles. The van der Waals surface area contributed by atoms with Crippen LogP contribution in [0.25, 0.3) is 0 Å². The van der Waals surface area contributed by atoms with Crippen molar-refractivity contribution < 1.29 is 9.90 Å². The van der Waals surface area contributed by atoms with Gasteiger partial charge in [-0.3, -0.25) is 0 Å². The molecule has 0 rings (SSSR count). The number of hydrogen-bond acceptors (Lipinski definition) is 4. The predicted molar refractivity (Wildman–Crippen MR) is 43.1 cm³/mol. The summed E-state index contributed by atoms with van der Waals surface area (Å²) >= 11 is 1.54. The van der Waals surface area contributed by atoms with E-state index in [9.17, 15) is 4.79 Å². The molecule has 0 fully saturated rings. The summed E-state index contributed by atoms with van der Waals surface area (Å²) in [5.74, 6) is 0.805. The third-order valence-electron chi connectivity index (χ3n) is 1.03. The highest BCUT2D eigenvalue weighted by molar-refractivity contribution is 7.99. The second-order valence-electron chi connectivity index (χ2n) is 1.87. The summed E-state index contributed by atoms with van der Waals surface area (Å²) in [7, 11) is 0. The van der Waals surface area contributed by atoms with Gasteiger partial charge in [-0.1, -0.05) is 0 Å². The Kier molecular flexibility index (Phi) is 7.01. The Morgan fingerprint density at radius 1 is 1.70 bits per heavy atom. The van der Waals surface area contributed by atoms with E-state index in [-0.39, 0.29) is 11.9 Å². The number of nitrogens with two attached hydrogens (primary N) is 1. The molecule has 0 radical (unpaired) electrons. The average Bonchev–Trinajstić information content (AvgIpc) is 1.98. The van der Waals surface area contributed by atoms with Crippen LogP contribution in [0.3, 0.4) is 0 Å². The van der Waals surface area contributed by atoms with Crippen LogP contribution < -0.4 is 5.73 Å². The van der Waals surface area contributed by atoms with E-state index >= 15 is 0 Å². The molecule has 60 valence electrons. The zero-order chi connectivity index (χ0) is 7.82. The second-order valence-corrected chi connectivity index (χ2v) is 3.27. The molecule has 0 aromatic carbocycles. The first-order valence-corrected chi connectivity index (χ1v) is 4.26. The zero-order valence-electron chi connectivity index (χ0n) is 5.82. The van der Waals surface area contributed by atoms with Gasteiger partial charge in [0.25, 0.3) is 0 Å². The first kappa shape index (κ1) is 9.94. The summed E-state index contributed by atoms with van der Waals surface area (Å²) in [6.45, 7) is 0.656. The highest BCUT2D eigenvalue weighted by Crippen LogP contribution is 2.11. The standard InChI is InChI=1S/C6H13NO2S/c7-2-4-10-6(5-9)1-3-8/h3,6,9H,1-2,4-5,7H2. The second kappa shape index (κ2) is 7.05. The van der Waals surface area contributed by atoms with Crippen molar-refractivity contribution in [1.29, 1.82) is 0 Å². The minimum Gasteiger partial charge on any atom is -0.395 e. The van der Waals surface area contributed by atoms with Gasteiger partial charge in [-0.15, -0.1) is 0 Å². The fraction of sp³-hybridized carbons (Fsp3) is 0.833. The Labute approximate surface area is 65.0 Å². The van der Waals surface area contributed by atoms with Gasteiger partial charge in [0, 0.05) is 24.0 Å². The summed E-state index contributed by atoms with van der Waals surface area (Å²) in [6.07, 6.45) is 1.24. The van der Waals surface area contributed by atoms with Gasteiger partial charge in [-0.05, 0) is 0 Å². The molecule has 3 nitrogen and oxygen atoms in total. The quantitative estimate of drug-likeness (QED) is 0.524. The maximum absolute atomic E-state index is 9.98. The third kappa shape index (κ3) is 4.78. The normalized spacial score (nSPS) is 13.0. The van der Waals surface area contributed by atoms with Crippen LogP contribution in [-0.4, -0.2) is 35.5 Å². The molecule has 0 aromatic rings. The molecule has 0 aliphatic rings. The Bertz CT molecular complexity index is 89.8. The number of aliphatic hydroxyl groups excluding tert-OH is 1. The molecule has 4 heteroatoms. The molecule has 0 aliphatic heterocycles. The number of rotatable bonds is 6. The molecular formula is C6H13NO2S. The van der Waals surface area contributed by atoms with Gasteiger partial charge in [-0.2, -0.15) is 11.8 Å². The number of aldehydes is 1. The van der Waals surface area contributed by atoms with Crippen LogP contribution >= 0.6 is 11.8 Å². The van der Waals surface area contributed by atoms with Crippen molar-refractivity contribution in [1.82, 2.24) is 0 Å². The van der Waals surface area contributed by atoms with E-state index < -0.39 is 0 Å². The SMILES string of the molecule is NCCSC(CO)CC=O. The first-order valence-electron chi connectivity index (χ1n) is 3.21. The maximum Gasteiger partial charge on any atom is 0.121 e. The van der Waals surface area contributed by atoms with E-state index in [0.717, 1.165) is 12.0 Å². The van der Waals surface area contributed by atoms with Crippen LogP contribution in [0.15, 0.2) is 0 Å². The first-order chi connectivity index (χ1) is 4.85. The van der Waals surface area contributed by atoms with Crippen LogP contribution in [0.4, 0.5) is 0 Å². The molecule has 1 atom stereocenters. The lowest BCUT2D eigenvalue weighted by Gasteiger charge is -2.07. The van der Waals surface area contributed by atoms with Crippen molar-refractivity contribution in [2.75, 3.05) is 18.9 Å². The van der Waals surface area contributed by atoms with Crippen molar-refractivity contribution in [2.24, 2.45) is 5.73 Å². The van der Waals surface area contributed by atoms with Gasteiger partial charge in [0.1, 0.15) is 6.29 Å². The number of carbonyl (C=O) groups is 1. The molecule has 0 bridgehead atoms. The summed E-state index contributed by atoms with van der Waals surface area (Å²) in [5.41, 5.74) is 5.24. The van der Waals surface area contributed by atoms with E-state index in [1.807, 2.05) is 0 Å². The fourth-order valence-electron chi connectivity index (χ4n) is 0.537. The predicted octanol–water partition coefficient (Wildman–Crippen LogP) is -0.372. The molecule has 1 unspecified atom stereocenters. The van der Waals surface area contributed by atoms with Crippen LogP contribution in [0.5, 0.6) is 0 Å². The fourth-order valence-corrected chi connectivity index (χ4v) is 1.33. The van der Waals surface area contributed by atoms with Crippen molar-refractivity contribution in [2.45, 2.75) is 11.7 Å². The third-order valence-corrected chi connectivity index (χ3v) is 2.32. The molecule has 0 saturated carbocycles. The van der Waals surface area contributed by atoms with Gasteiger partial charge >= 0.3 is 0 Å². The molecule has 0 heterocycles. The molecule has 0 spiro atoms. The molecule has 0 aliphatic carbocycles. The average molecular weight is 163 g/mol. The van der Waals surface area contributed by atoms with Crippen molar-refractivity contribution >= 4 is 18.0 Å². The molecular weight excluding hydrogens is 150 g/mol. The van der Waals surface area contributed by atoms with E-state index in [1.54, 1.807) is 0 Å². The maximum atomic E-state index is 9.98. The smallest absolute Gasteiger partial charge is 0.121 e. The van der Waals surface area contributed by atoms with Crippen LogP contribution in [-0.2, 0) is 4.79 Å². The van der Waals surface area contributed by atoms with Crippen molar-refractivity contribution in [3.63, 3.8) is 0 Å². The lowest BCUT2D eigenvalue weighted by Crippen LogP contribution is -2.12. The Morgan fingerprint density at radius 3 is 2.80 bits per heavy atom. The summed E-state index contributed by atoms with van der Waals surface area (Å²) in [6, 6.07) is 0. The molecule has 3 N–H and O–H groups in total. The van der Waals surface area contributed by atoms with Crippen LogP contribution in [0.1, 0.15) is 6.42 Å². The molecule has 0 aromatic heterocycles. The van der Waals surface area contributed by atoms with Crippen LogP contribution in [0.2, 0.25) is 0 Å². The Morgan fingerprint density at radius 2 is 2.40 bits per heavy atom. The van der Waals surface area contributed by atoms with E-state index in [4.69, 9.17) is 10.8 Å². The lowest BCUT2D eigenvalue weighted by molar-refractivity contribution is -0.107. The van der Waals surface area contributed by atoms with Crippen molar-refractivity contribution in [3.05, 3.63) is 0 Å². The van der Waals surface area contributed by atoms with Gasteiger partial charge in [0.2, 0.25) is 0 Å². The zero-order valence-corrected chi connectivity index (χ0v) is 6.64.